The molecule has 0 aromatic heterocycles. The number of hydrogen-bond donors (Lipinski definition) is 0. The summed E-state index contributed by atoms with van der Waals surface area (Å²) in [4.78, 5) is 4.59. The minimum Gasteiger partial charge on any atom is -0.0900 e. The minimum atomic E-state index is 0.230. The smallest absolute Gasteiger partial charge is 0.0271 e. The molecule has 100 valence electrons. The zero-order chi connectivity index (χ0) is 13.8. The number of benzene rings is 2. The van der Waals surface area contributed by atoms with Gasteiger partial charge in [-0.1, -0.05) is 77.8 Å². The largest absolute Gasteiger partial charge is 0.0900 e. The quantitative estimate of drug-likeness (QED) is 0.411. The van der Waals surface area contributed by atoms with Gasteiger partial charge in [-0.2, -0.15) is 0 Å². The summed E-state index contributed by atoms with van der Waals surface area (Å²) in [5.74, 6) is 0. The molecule has 0 aliphatic rings. The van der Waals surface area contributed by atoms with Gasteiger partial charge in [0, 0.05) is 0 Å². The Labute approximate surface area is 131 Å². The number of rotatable bonds is 5. The van der Waals surface area contributed by atoms with Crippen molar-refractivity contribution in [2.45, 2.75) is 9.88 Å². The van der Waals surface area contributed by atoms with Crippen LogP contribution in [0.1, 0.15) is 0 Å². The predicted octanol–water partition coefficient (Wildman–Crippen LogP) is 3.78. The molecule has 0 nitrogen and oxygen atoms in total. The van der Waals surface area contributed by atoms with E-state index in [0.29, 0.717) is 0 Å². The number of hydrogen-bond acceptors (Lipinski definition) is 0. The van der Waals surface area contributed by atoms with E-state index in [1.54, 1.807) is 0 Å². The van der Waals surface area contributed by atoms with E-state index in [9.17, 15) is 0 Å². The molecule has 2 atom stereocenters. The van der Waals surface area contributed by atoms with E-state index in [-0.39, 0.29) is 21.1 Å². The Bertz CT molecular complexity index is 376. The summed E-state index contributed by atoms with van der Waals surface area (Å²) in [5, 5.41) is 2.97. The van der Waals surface area contributed by atoms with E-state index in [4.69, 9.17) is 0 Å². The molecule has 2 aromatic rings. The second-order valence-electron chi connectivity index (χ2n) is 4.09. The first-order valence-corrected chi connectivity index (χ1v) is 14.7. The third-order valence-electron chi connectivity index (χ3n) is 2.33. The van der Waals surface area contributed by atoms with Crippen molar-refractivity contribution in [1.82, 2.24) is 0 Å². The van der Waals surface area contributed by atoms with Crippen LogP contribution in [0.2, 0.25) is 9.88 Å². The third-order valence-corrected chi connectivity index (χ3v) is 5.31. The summed E-state index contributed by atoms with van der Waals surface area (Å²) in [5.41, 5.74) is 0. The van der Waals surface area contributed by atoms with Crippen LogP contribution in [0.4, 0.5) is 0 Å². The molecular formula is C16H22P2Sn. The molecule has 0 saturated heterocycles. The van der Waals surface area contributed by atoms with Gasteiger partial charge in [0.05, 0.1) is 0 Å². The van der Waals surface area contributed by atoms with Gasteiger partial charge in [-0.25, -0.2) is 0 Å². The van der Waals surface area contributed by atoms with Gasteiger partial charge < -0.3 is 0 Å². The maximum atomic E-state index is 2.30. The molecule has 19 heavy (non-hydrogen) atoms. The fraction of sp³-hybridized carbons (Fsp3) is 0.250. The first-order chi connectivity index (χ1) is 9.36. The molecule has 0 spiro atoms. The Hall–Kier alpha value is 0.0987. The topological polar surface area (TPSA) is 0 Å². The van der Waals surface area contributed by atoms with Gasteiger partial charge in [-0.3, -0.25) is 0 Å². The molecule has 0 bridgehead atoms. The second-order valence-corrected chi connectivity index (χ2v) is 9.80. The van der Waals surface area contributed by atoms with Crippen LogP contribution in [-0.2, 0) is 0 Å². The van der Waals surface area contributed by atoms with Crippen LogP contribution in [0.15, 0.2) is 60.7 Å². The SMILES string of the molecule is [CH3][Sn][CH3].c1ccc(PCCPc2ccccc2)cc1. The molecule has 2 rings (SSSR count). The maximum Gasteiger partial charge on any atom is -0.0271 e. The summed E-state index contributed by atoms with van der Waals surface area (Å²) >= 11 is 0.230. The molecule has 3 heteroatoms. The van der Waals surface area contributed by atoms with Crippen molar-refractivity contribution in [3.05, 3.63) is 60.7 Å². The van der Waals surface area contributed by atoms with E-state index in [1.807, 2.05) is 0 Å². The Morgan fingerprint density at radius 3 is 1.32 bits per heavy atom. The first kappa shape index (κ1) is 17.2. The van der Waals surface area contributed by atoms with Gasteiger partial charge in [0.15, 0.2) is 0 Å². The molecule has 2 radical (unpaired) electrons. The van der Waals surface area contributed by atoms with Crippen molar-refractivity contribution < 1.29 is 0 Å². The summed E-state index contributed by atoms with van der Waals surface area (Å²) in [6, 6.07) is 21.6. The Balaban J connectivity index is 0.000000550. The van der Waals surface area contributed by atoms with E-state index >= 15 is 0 Å². The maximum absolute atomic E-state index is 2.30. The van der Waals surface area contributed by atoms with E-state index < -0.39 is 0 Å². The van der Waals surface area contributed by atoms with Crippen molar-refractivity contribution in [2.75, 3.05) is 12.3 Å². The molecule has 0 aliphatic carbocycles. The van der Waals surface area contributed by atoms with Crippen LogP contribution in [0.3, 0.4) is 0 Å². The van der Waals surface area contributed by atoms with Gasteiger partial charge in [-0.15, -0.1) is 0 Å². The monoisotopic (exact) mass is 396 g/mol. The van der Waals surface area contributed by atoms with Crippen LogP contribution in [-0.4, -0.2) is 33.5 Å². The zero-order valence-electron chi connectivity index (χ0n) is 11.7. The Morgan fingerprint density at radius 2 is 1.00 bits per heavy atom. The van der Waals surface area contributed by atoms with Crippen molar-refractivity contribution in [2.24, 2.45) is 0 Å². The predicted molar refractivity (Wildman–Crippen MR) is 96.0 cm³/mol. The van der Waals surface area contributed by atoms with Crippen LogP contribution >= 0.6 is 17.2 Å². The van der Waals surface area contributed by atoms with Gasteiger partial charge in [0.2, 0.25) is 0 Å². The molecule has 2 aromatic carbocycles. The van der Waals surface area contributed by atoms with Crippen LogP contribution in [0.25, 0.3) is 0 Å². The van der Waals surface area contributed by atoms with Crippen LogP contribution in [0, 0.1) is 0 Å². The molecule has 0 fully saturated rings. The molecule has 2 unspecified atom stereocenters. The van der Waals surface area contributed by atoms with Crippen LogP contribution in [0.5, 0.6) is 0 Å². The van der Waals surface area contributed by atoms with E-state index in [2.05, 4.69) is 70.5 Å². The fourth-order valence-electron chi connectivity index (χ4n) is 1.53. The average Bonchev–Trinajstić information content (AvgIpc) is 2.47. The first-order valence-electron chi connectivity index (χ1n) is 6.53. The Morgan fingerprint density at radius 1 is 0.684 bits per heavy atom. The standard InChI is InChI=1S/C14H16P2.2CH3.Sn/c1-3-7-13(8-4-1)15-11-12-16-14-9-5-2-6-10-14;;;/h1-10,15-16H,11-12H2;2*1H3;. The fourth-order valence-corrected chi connectivity index (χ4v) is 3.96. The van der Waals surface area contributed by atoms with Crippen molar-refractivity contribution in [1.29, 1.82) is 0 Å². The van der Waals surface area contributed by atoms with Gasteiger partial charge >= 0.3 is 31.0 Å². The summed E-state index contributed by atoms with van der Waals surface area (Å²) in [6.07, 6.45) is 2.63. The molecule has 0 amide bonds. The van der Waals surface area contributed by atoms with Crippen molar-refractivity contribution >= 4 is 48.9 Å². The van der Waals surface area contributed by atoms with Gasteiger partial charge in [-0.05, 0) is 22.9 Å². The summed E-state index contributed by atoms with van der Waals surface area (Å²) < 4.78 is 0. The van der Waals surface area contributed by atoms with Crippen molar-refractivity contribution in [3.8, 4) is 0 Å². The molecular weight excluding hydrogens is 373 g/mol. The summed E-state index contributed by atoms with van der Waals surface area (Å²) in [6.45, 7) is 0. The second kappa shape index (κ2) is 11.9. The normalized spacial score (nSPS) is 10.8. The molecule has 0 aliphatic heterocycles. The third kappa shape index (κ3) is 8.79. The Kier molecular flexibility index (Phi) is 10.7. The summed E-state index contributed by atoms with van der Waals surface area (Å²) in [7, 11) is 1.93. The minimum absolute atomic E-state index is 0.230. The molecule has 0 saturated carbocycles. The average molecular weight is 395 g/mol. The van der Waals surface area contributed by atoms with Crippen molar-refractivity contribution in [3.63, 3.8) is 0 Å². The zero-order valence-corrected chi connectivity index (χ0v) is 16.5. The van der Waals surface area contributed by atoms with Crippen LogP contribution < -0.4 is 10.6 Å². The van der Waals surface area contributed by atoms with E-state index in [1.165, 1.54) is 22.9 Å². The van der Waals surface area contributed by atoms with Gasteiger partial charge in [0.25, 0.3) is 0 Å². The van der Waals surface area contributed by atoms with E-state index in [0.717, 1.165) is 17.2 Å². The molecule has 0 heterocycles. The molecule has 0 N–H and O–H groups in total. The van der Waals surface area contributed by atoms with Gasteiger partial charge in [0.1, 0.15) is 0 Å².